The van der Waals surface area contributed by atoms with E-state index in [4.69, 9.17) is 15.3 Å². The first kappa shape index (κ1) is 15.2. The molecule has 3 N–H and O–H groups in total. The summed E-state index contributed by atoms with van der Waals surface area (Å²) in [5, 5.41) is 0. The molecule has 0 heterocycles. The van der Waals surface area contributed by atoms with Crippen LogP contribution >= 0.6 is 0 Å². The van der Waals surface area contributed by atoms with Crippen LogP contribution in [0.15, 0.2) is 36.4 Å². The zero-order valence-corrected chi connectivity index (χ0v) is 11.7. The maximum Gasteiger partial charge on any atom is 0.132 e. The molecule has 0 aliphatic carbocycles. The summed E-state index contributed by atoms with van der Waals surface area (Å²) in [7, 11) is 2.87. The monoisotopic (exact) mass is 294 g/mol. The number of ether oxygens (including phenoxy) is 2. The Hall–Kier alpha value is -2.18. The van der Waals surface area contributed by atoms with Crippen LogP contribution in [0, 0.1) is 11.6 Å². The van der Waals surface area contributed by atoms with E-state index in [-0.39, 0.29) is 5.56 Å². The normalized spacial score (nSPS) is 12.0. The largest absolute Gasteiger partial charge is 0.496 e. The number of methoxy groups -OCH3 is 2. The lowest BCUT2D eigenvalue weighted by atomic mass is 9.96. The fourth-order valence-corrected chi connectivity index (χ4v) is 2.23. The molecular formula is C15H16F2N2O2. The molecule has 2 aromatic rings. The van der Waals surface area contributed by atoms with Crippen molar-refractivity contribution in [3.05, 3.63) is 59.2 Å². The van der Waals surface area contributed by atoms with E-state index in [1.807, 2.05) is 0 Å². The fraction of sp³-hybridized carbons (Fsp3) is 0.200. The molecule has 2 aromatic carbocycles. The van der Waals surface area contributed by atoms with Crippen molar-refractivity contribution >= 4 is 0 Å². The Morgan fingerprint density at radius 2 is 1.76 bits per heavy atom. The topological polar surface area (TPSA) is 56.5 Å². The van der Waals surface area contributed by atoms with Crippen LogP contribution in [0.25, 0.3) is 0 Å². The highest BCUT2D eigenvalue weighted by Crippen LogP contribution is 2.36. The summed E-state index contributed by atoms with van der Waals surface area (Å²) in [6, 6.07) is 7.56. The van der Waals surface area contributed by atoms with Crippen molar-refractivity contribution in [3.8, 4) is 11.5 Å². The summed E-state index contributed by atoms with van der Waals surface area (Å²) in [5.41, 5.74) is 3.05. The minimum Gasteiger partial charge on any atom is -0.496 e. The zero-order chi connectivity index (χ0) is 15.4. The van der Waals surface area contributed by atoms with E-state index >= 15 is 0 Å². The van der Waals surface area contributed by atoms with Crippen LogP contribution in [0.3, 0.4) is 0 Å². The zero-order valence-electron chi connectivity index (χ0n) is 11.7. The van der Waals surface area contributed by atoms with Gasteiger partial charge in [-0.2, -0.15) is 0 Å². The summed E-state index contributed by atoms with van der Waals surface area (Å²) in [6.07, 6.45) is 0. The van der Waals surface area contributed by atoms with Gasteiger partial charge in [-0.15, -0.1) is 0 Å². The molecule has 1 unspecified atom stereocenters. The summed E-state index contributed by atoms with van der Waals surface area (Å²) in [5.74, 6) is 5.27. The average Bonchev–Trinajstić information content (AvgIpc) is 2.49. The van der Waals surface area contributed by atoms with Gasteiger partial charge in [0.05, 0.1) is 25.8 Å². The fourth-order valence-electron chi connectivity index (χ4n) is 2.23. The van der Waals surface area contributed by atoms with Crippen LogP contribution in [0.5, 0.6) is 11.5 Å². The molecule has 21 heavy (non-hydrogen) atoms. The third-order valence-electron chi connectivity index (χ3n) is 3.19. The molecule has 0 aromatic heterocycles. The van der Waals surface area contributed by atoms with E-state index in [1.165, 1.54) is 44.6 Å². The first-order valence-corrected chi connectivity index (χ1v) is 6.24. The smallest absolute Gasteiger partial charge is 0.132 e. The predicted octanol–water partition coefficient (Wildman–Crippen LogP) is 2.53. The number of hydrogen-bond donors (Lipinski definition) is 2. The summed E-state index contributed by atoms with van der Waals surface area (Å²) >= 11 is 0. The van der Waals surface area contributed by atoms with Crippen molar-refractivity contribution in [2.75, 3.05) is 14.2 Å². The minimum atomic E-state index is -0.813. The number of halogens is 2. The molecule has 0 saturated carbocycles. The van der Waals surface area contributed by atoms with E-state index in [0.717, 1.165) is 0 Å². The van der Waals surface area contributed by atoms with Crippen molar-refractivity contribution in [1.82, 2.24) is 5.43 Å². The Bertz CT molecular complexity index is 635. The highest BCUT2D eigenvalue weighted by molar-refractivity contribution is 5.47. The van der Waals surface area contributed by atoms with Crippen LogP contribution in [-0.2, 0) is 0 Å². The van der Waals surface area contributed by atoms with Crippen molar-refractivity contribution < 1.29 is 18.3 Å². The van der Waals surface area contributed by atoms with Crippen molar-refractivity contribution in [1.29, 1.82) is 0 Å². The quantitative estimate of drug-likeness (QED) is 0.657. The first-order chi connectivity index (χ1) is 10.1. The maximum absolute atomic E-state index is 14.2. The molecule has 4 nitrogen and oxygen atoms in total. The van der Waals surface area contributed by atoms with Gasteiger partial charge in [0.2, 0.25) is 0 Å². The first-order valence-electron chi connectivity index (χ1n) is 6.24. The van der Waals surface area contributed by atoms with Gasteiger partial charge in [0.15, 0.2) is 0 Å². The second-order valence-electron chi connectivity index (χ2n) is 4.34. The van der Waals surface area contributed by atoms with E-state index < -0.39 is 17.7 Å². The Morgan fingerprint density at radius 1 is 1.05 bits per heavy atom. The molecule has 0 amide bonds. The minimum absolute atomic E-state index is 0.186. The Balaban J connectivity index is 2.63. The highest BCUT2D eigenvalue weighted by Gasteiger charge is 2.24. The molecule has 2 rings (SSSR count). The van der Waals surface area contributed by atoms with Gasteiger partial charge in [0.25, 0.3) is 0 Å². The van der Waals surface area contributed by atoms with Gasteiger partial charge in [-0.25, -0.2) is 14.2 Å². The van der Waals surface area contributed by atoms with E-state index in [9.17, 15) is 8.78 Å². The molecule has 0 bridgehead atoms. The Kier molecular flexibility index (Phi) is 4.72. The number of benzene rings is 2. The third-order valence-corrected chi connectivity index (χ3v) is 3.19. The van der Waals surface area contributed by atoms with Gasteiger partial charge in [-0.05, 0) is 30.3 Å². The van der Waals surface area contributed by atoms with Gasteiger partial charge in [-0.1, -0.05) is 6.07 Å². The molecule has 0 aliphatic rings. The number of nitrogens with two attached hydrogens (primary N) is 1. The molecule has 0 aliphatic heterocycles. The van der Waals surface area contributed by atoms with Crippen molar-refractivity contribution in [2.45, 2.75) is 6.04 Å². The lowest BCUT2D eigenvalue weighted by Gasteiger charge is -2.22. The molecule has 0 spiro atoms. The highest BCUT2D eigenvalue weighted by atomic mass is 19.1. The summed E-state index contributed by atoms with van der Waals surface area (Å²) in [4.78, 5) is 0. The summed E-state index contributed by atoms with van der Waals surface area (Å²) in [6.45, 7) is 0. The van der Waals surface area contributed by atoms with Gasteiger partial charge >= 0.3 is 0 Å². The molecule has 0 saturated heterocycles. The average molecular weight is 294 g/mol. The van der Waals surface area contributed by atoms with Crippen LogP contribution in [0.1, 0.15) is 17.2 Å². The van der Waals surface area contributed by atoms with Gasteiger partial charge in [0.1, 0.15) is 23.1 Å². The second-order valence-corrected chi connectivity index (χ2v) is 4.34. The van der Waals surface area contributed by atoms with Crippen molar-refractivity contribution in [2.24, 2.45) is 5.84 Å². The molecule has 6 heteroatoms. The summed E-state index contributed by atoms with van der Waals surface area (Å²) < 4.78 is 38.1. The lowest BCUT2D eigenvalue weighted by molar-refractivity contribution is 0.387. The predicted molar refractivity (Wildman–Crippen MR) is 75.1 cm³/mol. The van der Waals surface area contributed by atoms with E-state index in [2.05, 4.69) is 5.43 Å². The molecule has 1 atom stereocenters. The molecule has 0 fully saturated rings. The van der Waals surface area contributed by atoms with E-state index in [1.54, 1.807) is 6.07 Å². The van der Waals surface area contributed by atoms with Crippen LogP contribution in [0.4, 0.5) is 8.78 Å². The SMILES string of the molecule is COc1ccc(F)cc1C(NN)c1c(F)cccc1OC. The number of rotatable bonds is 5. The van der Waals surface area contributed by atoms with Gasteiger partial charge < -0.3 is 9.47 Å². The maximum atomic E-state index is 14.2. The second kappa shape index (κ2) is 6.51. The number of nitrogens with one attached hydrogen (secondary N) is 1. The Morgan fingerprint density at radius 3 is 2.38 bits per heavy atom. The third kappa shape index (κ3) is 2.96. The molecule has 0 radical (unpaired) electrons. The Labute approximate surface area is 121 Å². The number of hydrazine groups is 1. The number of hydrogen-bond acceptors (Lipinski definition) is 4. The molecule has 112 valence electrons. The van der Waals surface area contributed by atoms with Crippen molar-refractivity contribution in [3.63, 3.8) is 0 Å². The van der Waals surface area contributed by atoms with Crippen LogP contribution in [-0.4, -0.2) is 14.2 Å². The van der Waals surface area contributed by atoms with Crippen LogP contribution < -0.4 is 20.7 Å². The van der Waals surface area contributed by atoms with Crippen LogP contribution in [0.2, 0.25) is 0 Å². The lowest BCUT2D eigenvalue weighted by Crippen LogP contribution is -2.30. The van der Waals surface area contributed by atoms with Gasteiger partial charge in [-0.3, -0.25) is 5.84 Å². The molecular weight excluding hydrogens is 278 g/mol. The standard InChI is InChI=1S/C15H16F2N2O2/c1-20-12-7-6-9(16)8-10(12)15(19-18)14-11(17)4-3-5-13(14)21-2/h3-8,15,19H,18H2,1-2H3. The van der Waals surface area contributed by atoms with E-state index in [0.29, 0.717) is 17.1 Å². The van der Waals surface area contributed by atoms with Gasteiger partial charge in [0, 0.05) is 5.56 Å².